The number of benzene rings is 2. The molecular formula is C22H25O4. The first-order chi connectivity index (χ1) is 12.5. The van der Waals surface area contributed by atoms with Gasteiger partial charge in [-0.25, -0.2) is 0 Å². The van der Waals surface area contributed by atoms with Crippen molar-refractivity contribution >= 4 is 28.1 Å². The van der Waals surface area contributed by atoms with Crippen LogP contribution in [0.4, 0.5) is 0 Å². The van der Waals surface area contributed by atoms with Gasteiger partial charge in [-0.2, -0.15) is 0 Å². The predicted octanol–water partition coefficient (Wildman–Crippen LogP) is 5.93. The lowest BCUT2D eigenvalue weighted by molar-refractivity contribution is 0.0967. The molecule has 0 saturated carbocycles. The molecule has 0 aliphatic heterocycles. The number of carbonyl (C=O) groups excluding carboxylic acids is 3. The molecule has 0 aliphatic carbocycles. The van der Waals surface area contributed by atoms with Crippen LogP contribution in [0.25, 0.3) is 10.8 Å². The van der Waals surface area contributed by atoms with Gasteiger partial charge in [-0.1, -0.05) is 39.0 Å². The second-order valence-corrected chi connectivity index (χ2v) is 6.55. The minimum atomic E-state index is -0.438. The van der Waals surface area contributed by atoms with Crippen molar-refractivity contribution in [2.75, 3.05) is 0 Å². The molecule has 0 saturated heterocycles. The van der Waals surface area contributed by atoms with Gasteiger partial charge in [0, 0.05) is 35.8 Å². The second kappa shape index (κ2) is 8.75. The highest BCUT2D eigenvalue weighted by Crippen LogP contribution is 2.37. The zero-order valence-corrected chi connectivity index (χ0v) is 15.7. The van der Waals surface area contributed by atoms with Crippen LogP contribution in [0, 0.1) is 0 Å². The van der Waals surface area contributed by atoms with E-state index in [0.717, 1.165) is 0 Å². The van der Waals surface area contributed by atoms with Gasteiger partial charge in [0.25, 0.3) is 0 Å². The zero-order chi connectivity index (χ0) is 19.3. The van der Waals surface area contributed by atoms with Gasteiger partial charge in [0.05, 0.1) is 5.56 Å². The fourth-order valence-electron chi connectivity index (χ4n) is 3.20. The monoisotopic (exact) mass is 353 g/mol. The molecule has 2 aromatic rings. The lowest BCUT2D eigenvalue weighted by Crippen LogP contribution is -2.08. The third kappa shape index (κ3) is 3.85. The van der Waals surface area contributed by atoms with Crippen LogP contribution in [0.1, 0.15) is 90.4 Å². The van der Waals surface area contributed by atoms with Crippen molar-refractivity contribution in [3.8, 4) is 5.75 Å². The van der Waals surface area contributed by atoms with Crippen LogP contribution >= 0.6 is 0 Å². The fourth-order valence-corrected chi connectivity index (χ4v) is 3.20. The Morgan fingerprint density at radius 3 is 1.77 bits per heavy atom. The van der Waals surface area contributed by atoms with Crippen molar-refractivity contribution in [2.45, 2.75) is 59.3 Å². The fraction of sp³-hybridized carbons (Fsp3) is 0.409. The van der Waals surface area contributed by atoms with Gasteiger partial charge in [-0.3, -0.25) is 19.5 Å². The summed E-state index contributed by atoms with van der Waals surface area (Å²) in [5, 5.41) is 13.7. The number of hydrogen-bond donors (Lipinski definition) is 0. The van der Waals surface area contributed by atoms with Crippen molar-refractivity contribution in [1.29, 1.82) is 0 Å². The Kier molecular flexibility index (Phi) is 6.67. The molecule has 0 amide bonds. The maximum Gasteiger partial charge on any atom is 0.197 e. The highest BCUT2D eigenvalue weighted by Gasteiger charge is 2.24. The van der Waals surface area contributed by atoms with Crippen LogP contribution in [0.2, 0.25) is 0 Å². The third-order valence-electron chi connectivity index (χ3n) is 4.45. The Morgan fingerprint density at radius 2 is 1.23 bits per heavy atom. The maximum absolute atomic E-state index is 13.0. The van der Waals surface area contributed by atoms with Crippen molar-refractivity contribution in [2.24, 2.45) is 0 Å². The van der Waals surface area contributed by atoms with Crippen LogP contribution in [0.5, 0.6) is 5.75 Å². The molecular weight excluding hydrogens is 328 g/mol. The summed E-state index contributed by atoms with van der Waals surface area (Å²) >= 11 is 0. The lowest BCUT2D eigenvalue weighted by atomic mass is 9.89. The van der Waals surface area contributed by atoms with E-state index in [1.807, 2.05) is 20.8 Å². The Bertz CT molecular complexity index is 849. The van der Waals surface area contributed by atoms with E-state index in [1.54, 1.807) is 18.2 Å². The first-order valence-electron chi connectivity index (χ1n) is 9.32. The number of hydrogen-bond acceptors (Lipinski definition) is 3. The van der Waals surface area contributed by atoms with E-state index in [4.69, 9.17) is 0 Å². The molecule has 0 aromatic heterocycles. The third-order valence-corrected chi connectivity index (χ3v) is 4.45. The molecule has 0 bridgehead atoms. The van der Waals surface area contributed by atoms with Crippen molar-refractivity contribution < 1.29 is 19.5 Å². The first-order valence-corrected chi connectivity index (χ1v) is 9.32. The van der Waals surface area contributed by atoms with Gasteiger partial charge >= 0.3 is 0 Å². The largest absolute Gasteiger partial charge is 0.294 e. The Morgan fingerprint density at radius 1 is 0.731 bits per heavy atom. The average molecular weight is 353 g/mol. The quantitative estimate of drug-likeness (QED) is 0.524. The van der Waals surface area contributed by atoms with Crippen LogP contribution in [0.15, 0.2) is 24.3 Å². The molecule has 0 aliphatic rings. The van der Waals surface area contributed by atoms with Crippen LogP contribution < -0.4 is 0 Å². The molecule has 0 atom stereocenters. The van der Waals surface area contributed by atoms with Crippen LogP contribution in [-0.2, 0) is 5.11 Å². The molecule has 2 aromatic carbocycles. The van der Waals surface area contributed by atoms with Crippen LogP contribution in [-0.4, -0.2) is 17.3 Å². The number of rotatable bonds is 9. The molecule has 0 spiro atoms. The maximum atomic E-state index is 13.0. The number of Topliss-reactive ketones (excluding diaryl/α,β-unsaturated/α-hetero) is 3. The first kappa shape index (κ1) is 19.8. The molecule has 4 heteroatoms. The molecule has 1 radical (unpaired) electrons. The summed E-state index contributed by atoms with van der Waals surface area (Å²) in [4.78, 5) is 37.6. The van der Waals surface area contributed by atoms with Gasteiger partial charge in [-0.05, 0) is 30.7 Å². The molecule has 2 rings (SSSR count). The molecule has 0 heterocycles. The summed E-state index contributed by atoms with van der Waals surface area (Å²) in [6.45, 7) is 5.66. The van der Waals surface area contributed by atoms with Crippen LogP contribution in [0.3, 0.4) is 0 Å². The number of ketones is 3. The van der Waals surface area contributed by atoms with Gasteiger partial charge in [0.2, 0.25) is 0 Å². The smallest absolute Gasteiger partial charge is 0.197 e. The lowest BCUT2D eigenvalue weighted by Gasteiger charge is -2.13. The van der Waals surface area contributed by atoms with E-state index >= 15 is 0 Å². The highest BCUT2D eigenvalue weighted by atomic mass is 16.3. The SMILES string of the molecule is CCCC(=O)c1cc(C(=O)CCC)c2cccc(C(=O)CCC)c2c1[O]. The second-order valence-electron chi connectivity index (χ2n) is 6.55. The van der Waals surface area contributed by atoms with E-state index < -0.39 is 5.75 Å². The van der Waals surface area contributed by atoms with Gasteiger partial charge in [-0.15, -0.1) is 0 Å². The summed E-state index contributed by atoms with van der Waals surface area (Å²) in [6.07, 6.45) is 2.86. The van der Waals surface area contributed by atoms with E-state index in [2.05, 4.69) is 0 Å². The van der Waals surface area contributed by atoms with Gasteiger partial charge < -0.3 is 0 Å². The Hall–Kier alpha value is -2.49. The molecule has 0 unspecified atom stereocenters. The summed E-state index contributed by atoms with van der Waals surface area (Å²) in [5.74, 6) is -0.957. The summed E-state index contributed by atoms with van der Waals surface area (Å²) in [7, 11) is 0. The Labute approximate surface area is 154 Å². The number of carbonyl (C=O) groups is 3. The van der Waals surface area contributed by atoms with Gasteiger partial charge in [0.15, 0.2) is 23.1 Å². The molecule has 4 nitrogen and oxygen atoms in total. The zero-order valence-electron chi connectivity index (χ0n) is 15.7. The van der Waals surface area contributed by atoms with E-state index in [0.29, 0.717) is 48.6 Å². The van der Waals surface area contributed by atoms with Crippen molar-refractivity contribution in [3.05, 3.63) is 41.0 Å². The highest BCUT2D eigenvalue weighted by molar-refractivity contribution is 6.19. The van der Waals surface area contributed by atoms with Crippen molar-refractivity contribution in [3.63, 3.8) is 0 Å². The summed E-state index contributed by atoms with van der Waals surface area (Å²) < 4.78 is 0. The average Bonchev–Trinajstić information content (AvgIpc) is 2.62. The number of fused-ring (bicyclic) bond motifs is 1. The topological polar surface area (TPSA) is 71.1 Å². The minimum Gasteiger partial charge on any atom is -0.294 e. The Balaban J connectivity index is 2.84. The van der Waals surface area contributed by atoms with E-state index in [1.165, 1.54) is 6.07 Å². The molecule has 137 valence electrons. The molecule has 0 fully saturated rings. The summed E-state index contributed by atoms with van der Waals surface area (Å²) in [6, 6.07) is 6.44. The molecule has 26 heavy (non-hydrogen) atoms. The van der Waals surface area contributed by atoms with E-state index in [-0.39, 0.29) is 34.7 Å². The summed E-state index contributed by atoms with van der Waals surface area (Å²) in [5.41, 5.74) is 0.702. The predicted molar refractivity (Wildman–Crippen MR) is 102 cm³/mol. The van der Waals surface area contributed by atoms with E-state index in [9.17, 15) is 19.5 Å². The normalized spacial score (nSPS) is 10.9. The van der Waals surface area contributed by atoms with Gasteiger partial charge in [0.1, 0.15) is 0 Å². The standard InChI is InChI=1S/C22H25O4/c1-4-8-18(23)15-12-7-11-14-16(19(24)9-5-2)13-17(20(25)10-6-3)22(26)21(14)15/h7,11-13H,4-6,8-10H2,1-3H3. The molecule has 0 N–H and O–H groups in total. The minimum absolute atomic E-state index is 0.0237. The van der Waals surface area contributed by atoms with Crippen molar-refractivity contribution in [1.82, 2.24) is 0 Å².